The zero-order valence-electron chi connectivity index (χ0n) is 15.3. The number of thiocarbonyl (C=S) groups is 1. The third kappa shape index (κ3) is 3.44. The van der Waals surface area contributed by atoms with Crippen molar-refractivity contribution in [2.45, 2.75) is 13.5 Å². The summed E-state index contributed by atoms with van der Waals surface area (Å²) < 4.78 is 2.06. The van der Waals surface area contributed by atoms with Gasteiger partial charge in [0.15, 0.2) is 5.11 Å². The average Bonchev–Trinajstić information content (AvgIpc) is 3.05. The minimum atomic E-state index is -0.537. The molecule has 0 atom stereocenters. The monoisotopic (exact) mass is 443 g/mol. The number of aryl methyl sites for hydroxylation is 1. The Morgan fingerprint density at radius 1 is 1.10 bits per heavy atom. The number of fused-ring (bicyclic) bond motifs is 1. The van der Waals surface area contributed by atoms with E-state index in [0.717, 1.165) is 23.0 Å². The van der Waals surface area contributed by atoms with E-state index in [1.165, 1.54) is 11.0 Å². The topological polar surface area (TPSA) is 54.3 Å². The van der Waals surface area contributed by atoms with E-state index in [-0.39, 0.29) is 15.7 Å². The molecule has 4 rings (SSSR count). The molecule has 0 aliphatic carbocycles. The van der Waals surface area contributed by atoms with Gasteiger partial charge in [-0.1, -0.05) is 41.4 Å². The molecule has 2 heterocycles. The molecule has 2 aromatic carbocycles. The SMILES string of the molecule is CCn1cc(/C=C2\C(=O)NC(=S)N(c3ccc(Cl)c(Cl)c3)C2=O)c2ccccc21. The van der Waals surface area contributed by atoms with Crippen LogP contribution < -0.4 is 10.2 Å². The maximum atomic E-state index is 13.2. The highest BCUT2D eigenvalue weighted by atomic mass is 35.5. The third-order valence-corrected chi connectivity index (χ3v) is 5.75. The fourth-order valence-corrected chi connectivity index (χ4v) is 3.90. The predicted molar refractivity (Wildman–Crippen MR) is 120 cm³/mol. The second-order valence-electron chi connectivity index (χ2n) is 6.44. The lowest BCUT2D eigenvalue weighted by Gasteiger charge is -2.29. The van der Waals surface area contributed by atoms with E-state index < -0.39 is 11.8 Å². The third-order valence-electron chi connectivity index (χ3n) is 4.72. The smallest absolute Gasteiger partial charge is 0.270 e. The first-order valence-electron chi connectivity index (χ1n) is 8.85. The van der Waals surface area contributed by atoms with Gasteiger partial charge in [0.05, 0.1) is 15.7 Å². The number of carbonyl (C=O) groups excluding carboxylic acids is 2. The first-order valence-corrected chi connectivity index (χ1v) is 10.0. The molecular weight excluding hydrogens is 429 g/mol. The zero-order chi connectivity index (χ0) is 20.7. The minimum Gasteiger partial charge on any atom is -0.347 e. The highest BCUT2D eigenvalue weighted by Gasteiger charge is 2.34. The molecule has 1 aliphatic heterocycles. The Balaban J connectivity index is 1.81. The number of hydrogen-bond donors (Lipinski definition) is 1. The summed E-state index contributed by atoms with van der Waals surface area (Å²) in [4.78, 5) is 27.0. The molecule has 1 aromatic heterocycles. The minimum absolute atomic E-state index is 0.00785. The van der Waals surface area contributed by atoms with Crippen molar-refractivity contribution >= 4 is 75.0 Å². The van der Waals surface area contributed by atoms with Crippen molar-refractivity contribution in [3.63, 3.8) is 0 Å². The molecule has 0 unspecified atom stereocenters. The highest BCUT2D eigenvalue weighted by molar-refractivity contribution is 7.80. The number of nitrogens with one attached hydrogen (secondary N) is 1. The molecule has 0 saturated carbocycles. The van der Waals surface area contributed by atoms with Crippen LogP contribution in [0.25, 0.3) is 17.0 Å². The Morgan fingerprint density at radius 2 is 1.86 bits per heavy atom. The van der Waals surface area contributed by atoms with E-state index in [1.54, 1.807) is 18.2 Å². The van der Waals surface area contributed by atoms with E-state index in [0.29, 0.717) is 10.7 Å². The van der Waals surface area contributed by atoms with Gasteiger partial charge in [-0.3, -0.25) is 19.8 Å². The van der Waals surface area contributed by atoms with Gasteiger partial charge in [-0.2, -0.15) is 0 Å². The van der Waals surface area contributed by atoms with Crippen LogP contribution in [0.15, 0.2) is 54.2 Å². The molecule has 2 amide bonds. The van der Waals surface area contributed by atoms with Crippen molar-refractivity contribution < 1.29 is 9.59 Å². The molecule has 1 aliphatic rings. The van der Waals surface area contributed by atoms with Crippen LogP contribution in [0.5, 0.6) is 0 Å². The van der Waals surface area contributed by atoms with E-state index in [2.05, 4.69) is 9.88 Å². The van der Waals surface area contributed by atoms with Crippen molar-refractivity contribution in [3.05, 3.63) is 69.8 Å². The van der Waals surface area contributed by atoms with Crippen LogP contribution >= 0.6 is 35.4 Å². The van der Waals surface area contributed by atoms with E-state index in [4.69, 9.17) is 35.4 Å². The van der Waals surface area contributed by atoms with Gasteiger partial charge in [0.2, 0.25) is 0 Å². The summed E-state index contributed by atoms with van der Waals surface area (Å²) in [6.07, 6.45) is 3.52. The van der Waals surface area contributed by atoms with Crippen LogP contribution in [-0.4, -0.2) is 21.5 Å². The van der Waals surface area contributed by atoms with Gasteiger partial charge in [0, 0.05) is 29.2 Å². The summed E-state index contributed by atoms with van der Waals surface area (Å²) in [7, 11) is 0. The summed E-state index contributed by atoms with van der Waals surface area (Å²) in [5.41, 5.74) is 2.23. The molecule has 29 heavy (non-hydrogen) atoms. The largest absolute Gasteiger partial charge is 0.347 e. The zero-order valence-corrected chi connectivity index (χ0v) is 17.6. The lowest BCUT2D eigenvalue weighted by atomic mass is 10.1. The Hall–Kier alpha value is -2.67. The molecule has 3 aromatic rings. The first-order chi connectivity index (χ1) is 13.9. The predicted octanol–water partition coefficient (Wildman–Crippen LogP) is 4.80. The standard InChI is InChI=1S/C21H15Cl2N3O2S/c1-2-25-11-12(14-5-3-4-6-18(14)25)9-15-19(27)24-21(29)26(20(15)28)13-7-8-16(22)17(23)10-13/h3-11H,2H2,1H3,(H,24,27,29)/b15-9+. The van der Waals surface area contributed by atoms with Crippen LogP contribution in [0.3, 0.4) is 0 Å². The van der Waals surface area contributed by atoms with Crippen LogP contribution in [0.4, 0.5) is 5.69 Å². The maximum Gasteiger partial charge on any atom is 0.270 e. The van der Waals surface area contributed by atoms with Crippen molar-refractivity contribution in [1.82, 2.24) is 9.88 Å². The van der Waals surface area contributed by atoms with E-state index in [9.17, 15) is 9.59 Å². The molecule has 0 radical (unpaired) electrons. The number of carbonyl (C=O) groups is 2. The molecule has 1 fully saturated rings. The fraction of sp³-hybridized carbons (Fsp3) is 0.0952. The van der Waals surface area contributed by atoms with Gasteiger partial charge in [-0.25, -0.2) is 0 Å². The summed E-state index contributed by atoms with van der Waals surface area (Å²) in [6.45, 7) is 2.80. The van der Waals surface area contributed by atoms with Gasteiger partial charge < -0.3 is 4.57 Å². The quantitative estimate of drug-likeness (QED) is 0.359. The Morgan fingerprint density at radius 3 is 2.59 bits per heavy atom. The van der Waals surface area contributed by atoms with Crippen molar-refractivity contribution in [2.75, 3.05) is 4.90 Å². The Bertz CT molecular complexity index is 1220. The molecule has 1 saturated heterocycles. The molecule has 1 N–H and O–H groups in total. The van der Waals surface area contributed by atoms with Crippen molar-refractivity contribution in [1.29, 1.82) is 0 Å². The van der Waals surface area contributed by atoms with Crippen LogP contribution in [0.1, 0.15) is 12.5 Å². The van der Waals surface area contributed by atoms with E-state index in [1.807, 2.05) is 37.4 Å². The molecule has 8 heteroatoms. The lowest BCUT2D eigenvalue weighted by molar-refractivity contribution is -0.122. The number of anilines is 1. The molecular formula is C21H15Cl2N3O2S. The maximum absolute atomic E-state index is 13.2. The van der Waals surface area contributed by atoms with Gasteiger partial charge in [0.25, 0.3) is 11.8 Å². The summed E-state index contributed by atoms with van der Waals surface area (Å²) in [5.74, 6) is -1.06. The molecule has 0 spiro atoms. The Kier molecular flexibility index (Phi) is 5.17. The number of rotatable bonds is 3. The fourth-order valence-electron chi connectivity index (χ4n) is 3.32. The van der Waals surface area contributed by atoms with E-state index >= 15 is 0 Å². The number of amides is 2. The molecule has 5 nitrogen and oxygen atoms in total. The van der Waals surface area contributed by atoms with Gasteiger partial charge in [-0.05, 0) is 49.5 Å². The summed E-state index contributed by atoms with van der Waals surface area (Å²) in [5, 5.41) is 4.17. The normalized spacial score (nSPS) is 16.0. The van der Waals surface area contributed by atoms with Crippen molar-refractivity contribution in [3.8, 4) is 0 Å². The van der Waals surface area contributed by atoms with Crippen molar-refractivity contribution in [2.24, 2.45) is 0 Å². The number of hydrogen-bond acceptors (Lipinski definition) is 3. The highest BCUT2D eigenvalue weighted by Crippen LogP contribution is 2.30. The number of aromatic nitrogens is 1. The first kappa shape index (κ1) is 19.6. The lowest BCUT2D eigenvalue weighted by Crippen LogP contribution is -2.54. The second-order valence-corrected chi connectivity index (χ2v) is 7.64. The number of halogens is 2. The Labute approximate surface area is 182 Å². The number of para-hydroxylation sites is 1. The van der Waals surface area contributed by atoms with Crippen LogP contribution in [0.2, 0.25) is 10.0 Å². The van der Waals surface area contributed by atoms with Gasteiger partial charge >= 0.3 is 0 Å². The number of benzene rings is 2. The summed E-state index contributed by atoms with van der Waals surface area (Å²) >= 11 is 17.3. The van der Waals surface area contributed by atoms with Gasteiger partial charge in [0.1, 0.15) is 5.57 Å². The molecule has 0 bridgehead atoms. The van der Waals surface area contributed by atoms with Crippen LogP contribution in [0, 0.1) is 0 Å². The second kappa shape index (κ2) is 7.63. The molecule has 146 valence electrons. The number of nitrogens with zero attached hydrogens (tertiary/aromatic N) is 2. The van der Waals surface area contributed by atoms with Crippen LogP contribution in [-0.2, 0) is 16.1 Å². The summed E-state index contributed by atoms with van der Waals surface area (Å²) in [6, 6.07) is 12.6. The van der Waals surface area contributed by atoms with Gasteiger partial charge in [-0.15, -0.1) is 0 Å². The average molecular weight is 444 g/mol.